The van der Waals surface area contributed by atoms with Gasteiger partial charge in [-0.15, -0.1) is 11.3 Å². The number of ether oxygens (including phenoxy) is 2. The van der Waals surface area contributed by atoms with E-state index in [1.165, 1.54) is 0 Å². The molecule has 0 aliphatic carbocycles. The van der Waals surface area contributed by atoms with Crippen LogP contribution in [-0.2, 0) is 17.9 Å². The third kappa shape index (κ3) is 5.53. The van der Waals surface area contributed by atoms with Crippen LogP contribution in [-0.4, -0.2) is 41.2 Å². The summed E-state index contributed by atoms with van der Waals surface area (Å²) in [6.07, 6.45) is 1.65. The summed E-state index contributed by atoms with van der Waals surface area (Å²) in [7, 11) is 0. The average molecular weight is 503 g/mol. The summed E-state index contributed by atoms with van der Waals surface area (Å²) in [5.74, 6) is 0.297. The minimum absolute atomic E-state index is 0.235. The first-order chi connectivity index (χ1) is 17.2. The van der Waals surface area contributed by atoms with E-state index in [1.54, 1.807) is 29.7 Å². The normalized spacial score (nSPS) is 13.9. The lowest BCUT2D eigenvalue weighted by Crippen LogP contribution is -2.35. The fourth-order valence-electron chi connectivity index (χ4n) is 4.02. The van der Waals surface area contributed by atoms with Gasteiger partial charge in [0.1, 0.15) is 23.2 Å². The lowest BCUT2D eigenvalue weighted by molar-refractivity contribution is 0.0337. The Morgan fingerprint density at radius 3 is 2.54 bits per heavy atom. The molecule has 0 bridgehead atoms. The molecule has 4 aromatic rings. The number of pyridine rings is 1. The summed E-state index contributed by atoms with van der Waals surface area (Å²) in [5, 5.41) is 11.4. The minimum atomic E-state index is 0.235. The summed E-state index contributed by atoms with van der Waals surface area (Å²) in [6, 6.07) is 21.7. The van der Waals surface area contributed by atoms with Gasteiger partial charge in [0.2, 0.25) is 5.88 Å². The van der Waals surface area contributed by atoms with E-state index in [-0.39, 0.29) is 6.61 Å². The molecule has 0 unspecified atom stereocenters. The molecule has 5 rings (SSSR count). The molecule has 2 aromatic heterocycles. The highest BCUT2D eigenvalue weighted by Crippen LogP contribution is 2.33. The first kappa shape index (κ1) is 23.5. The van der Waals surface area contributed by atoms with E-state index in [1.807, 2.05) is 36.4 Å². The maximum Gasteiger partial charge on any atom is 0.232 e. The molecule has 1 aliphatic heterocycles. The highest BCUT2D eigenvalue weighted by Gasteiger charge is 2.19. The number of hydrogen-bond donors (Lipinski definition) is 0. The third-order valence-corrected chi connectivity index (χ3v) is 7.14. The van der Waals surface area contributed by atoms with Crippen LogP contribution >= 0.6 is 22.9 Å². The van der Waals surface area contributed by atoms with Crippen molar-refractivity contribution in [1.82, 2.24) is 14.9 Å². The molecular weight excluding hydrogens is 480 g/mol. The molecule has 1 fully saturated rings. The van der Waals surface area contributed by atoms with Gasteiger partial charge in [-0.2, -0.15) is 5.26 Å². The number of rotatable bonds is 7. The lowest BCUT2D eigenvalue weighted by Gasteiger charge is -2.26. The van der Waals surface area contributed by atoms with Gasteiger partial charge in [0.05, 0.1) is 23.8 Å². The van der Waals surface area contributed by atoms with Gasteiger partial charge in [0.25, 0.3) is 0 Å². The zero-order valence-corrected chi connectivity index (χ0v) is 20.6. The van der Waals surface area contributed by atoms with Crippen LogP contribution < -0.4 is 4.74 Å². The second-order valence-corrected chi connectivity index (χ2v) is 9.60. The summed E-state index contributed by atoms with van der Waals surface area (Å²) in [5.41, 5.74) is 4.20. The Kier molecular flexibility index (Phi) is 7.36. The molecule has 35 heavy (non-hydrogen) atoms. The van der Waals surface area contributed by atoms with Crippen LogP contribution in [0.15, 0.2) is 66.9 Å². The maximum absolute atomic E-state index is 9.87. The van der Waals surface area contributed by atoms with Crippen molar-refractivity contribution in [2.75, 3.05) is 26.3 Å². The van der Waals surface area contributed by atoms with Crippen molar-refractivity contribution in [3.63, 3.8) is 0 Å². The van der Waals surface area contributed by atoms with E-state index in [2.05, 4.69) is 28.1 Å². The third-order valence-electron chi connectivity index (χ3n) is 5.77. The van der Waals surface area contributed by atoms with Crippen molar-refractivity contribution in [1.29, 1.82) is 5.26 Å². The fourth-order valence-corrected chi connectivity index (χ4v) is 5.13. The quantitative estimate of drug-likeness (QED) is 0.317. The predicted molar refractivity (Wildman–Crippen MR) is 137 cm³/mol. The lowest BCUT2D eigenvalue weighted by atomic mass is 10.0. The highest BCUT2D eigenvalue weighted by atomic mass is 35.5. The summed E-state index contributed by atoms with van der Waals surface area (Å²) < 4.78 is 11.5. The predicted octanol–water partition coefficient (Wildman–Crippen LogP) is 5.81. The number of hydrogen-bond acceptors (Lipinski definition) is 7. The van der Waals surface area contributed by atoms with Crippen molar-refractivity contribution in [2.45, 2.75) is 13.2 Å². The Labute approximate surface area is 213 Å². The molecule has 6 nitrogen and oxygen atoms in total. The van der Waals surface area contributed by atoms with Crippen LogP contribution in [0.5, 0.6) is 5.88 Å². The number of halogens is 1. The molecule has 0 saturated carbocycles. The SMILES string of the molecule is N#Cc1c(-c2ccc(Cl)cc2)ccnc1OCc1nc(CN2CCOCC2)c(-c2ccccc2)s1. The van der Waals surface area contributed by atoms with Crippen LogP contribution in [0, 0.1) is 11.3 Å². The van der Waals surface area contributed by atoms with Crippen molar-refractivity contribution in [3.8, 4) is 33.5 Å². The zero-order valence-electron chi connectivity index (χ0n) is 19.0. The second-order valence-electron chi connectivity index (χ2n) is 8.08. The van der Waals surface area contributed by atoms with E-state index in [0.717, 1.165) is 65.1 Å². The fraction of sp³-hybridized carbons (Fsp3) is 0.222. The molecule has 1 aliphatic rings. The van der Waals surface area contributed by atoms with Crippen molar-refractivity contribution >= 4 is 22.9 Å². The van der Waals surface area contributed by atoms with Crippen LogP contribution in [0.1, 0.15) is 16.3 Å². The number of nitriles is 1. The number of nitrogens with zero attached hydrogens (tertiary/aromatic N) is 4. The maximum atomic E-state index is 9.87. The number of thiazole rings is 1. The smallest absolute Gasteiger partial charge is 0.232 e. The van der Waals surface area contributed by atoms with Gasteiger partial charge in [-0.1, -0.05) is 54.1 Å². The Balaban J connectivity index is 1.40. The first-order valence-corrected chi connectivity index (χ1v) is 12.5. The molecule has 3 heterocycles. The molecule has 0 amide bonds. The Hall–Kier alpha value is -3.28. The molecule has 0 spiro atoms. The van der Waals surface area contributed by atoms with Crippen LogP contribution in [0.3, 0.4) is 0 Å². The second kappa shape index (κ2) is 11.0. The largest absolute Gasteiger partial charge is 0.469 e. The molecule has 2 aromatic carbocycles. The molecule has 176 valence electrons. The van der Waals surface area contributed by atoms with Gasteiger partial charge in [-0.05, 0) is 29.3 Å². The molecule has 1 saturated heterocycles. The Morgan fingerprint density at radius 1 is 1.03 bits per heavy atom. The number of morpholine rings is 1. The van der Waals surface area contributed by atoms with Gasteiger partial charge in [-0.3, -0.25) is 4.90 Å². The van der Waals surface area contributed by atoms with E-state index >= 15 is 0 Å². The number of benzene rings is 2. The van der Waals surface area contributed by atoms with Gasteiger partial charge >= 0.3 is 0 Å². The minimum Gasteiger partial charge on any atom is -0.469 e. The van der Waals surface area contributed by atoms with E-state index in [4.69, 9.17) is 26.1 Å². The van der Waals surface area contributed by atoms with Gasteiger partial charge < -0.3 is 9.47 Å². The average Bonchev–Trinajstić information content (AvgIpc) is 3.31. The van der Waals surface area contributed by atoms with Gasteiger partial charge in [-0.25, -0.2) is 9.97 Å². The molecular formula is C27H23ClN4O2S. The summed E-state index contributed by atoms with van der Waals surface area (Å²) >= 11 is 7.64. The molecule has 8 heteroatoms. The van der Waals surface area contributed by atoms with E-state index in [0.29, 0.717) is 16.5 Å². The number of aromatic nitrogens is 2. The van der Waals surface area contributed by atoms with Gasteiger partial charge in [0, 0.05) is 36.4 Å². The Morgan fingerprint density at radius 2 is 1.80 bits per heavy atom. The topological polar surface area (TPSA) is 71.3 Å². The summed E-state index contributed by atoms with van der Waals surface area (Å²) in [6.45, 7) is 4.27. The summed E-state index contributed by atoms with van der Waals surface area (Å²) in [4.78, 5) is 12.8. The standard InChI is InChI=1S/C27H23ClN4O2S/c28-21-8-6-19(7-9-21)22-10-11-30-27(23(22)16-29)34-18-25-31-24(17-32-12-14-33-15-13-32)26(35-25)20-4-2-1-3-5-20/h1-11H,12-15,17-18H2. The monoisotopic (exact) mass is 502 g/mol. The van der Waals surface area contributed by atoms with Crippen molar-refractivity contribution in [2.24, 2.45) is 0 Å². The van der Waals surface area contributed by atoms with Crippen molar-refractivity contribution < 1.29 is 9.47 Å². The van der Waals surface area contributed by atoms with Gasteiger partial charge in [0.15, 0.2) is 0 Å². The van der Waals surface area contributed by atoms with Crippen LogP contribution in [0.4, 0.5) is 0 Å². The zero-order chi connectivity index (χ0) is 24.0. The molecule has 0 atom stereocenters. The first-order valence-electron chi connectivity index (χ1n) is 11.3. The van der Waals surface area contributed by atoms with Crippen molar-refractivity contribution in [3.05, 3.63) is 88.1 Å². The molecule has 0 N–H and O–H groups in total. The van der Waals surface area contributed by atoms with E-state index in [9.17, 15) is 5.26 Å². The van der Waals surface area contributed by atoms with E-state index < -0.39 is 0 Å². The highest BCUT2D eigenvalue weighted by molar-refractivity contribution is 7.15. The van der Waals surface area contributed by atoms with Crippen LogP contribution in [0.2, 0.25) is 5.02 Å². The van der Waals surface area contributed by atoms with Crippen LogP contribution in [0.25, 0.3) is 21.6 Å². The Bertz CT molecular complexity index is 1330. The molecule has 0 radical (unpaired) electrons.